The van der Waals surface area contributed by atoms with Crippen LogP contribution in [0.25, 0.3) is 0 Å². The van der Waals surface area contributed by atoms with E-state index in [1.807, 2.05) is 18.2 Å². The Bertz CT molecular complexity index is 509. The van der Waals surface area contributed by atoms with E-state index >= 15 is 0 Å². The number of nitrogens with one attached hydrogen (secondary N) is 1. The first-order chi connectivity index (χ1) is 10.1. The lowest BCUT2D eigenvalue weighted by atomic mass is 9.76. The molecule has 2 aliphatic rings. The van der Waals surface area contributed by atoms with Crippen molar-refractivity contribution in [3.63, 3.8) is 0 Å². The number of benzene rings is 1. The van der Waals surface area contributed by atoms with Gasteiger partial charge in [0.15, 0.2) is 0 Å². The van der Waals surface area contributed by atoms with Gasteiger partial charge in [0.05, 0.1) is 11.0 Å². The second kappa shape index (κ2) is 5.45. The molecule has 3 heteroatoms. The van der Waals surface area contributed by atoms with E-state index in [1.165, 1.54) is 6.42 Å². The molecule has 0 aliphatic heterocycles. The summed E-state index contributed by atoms with van der Waals surface area (Å²) in [5, 5.41) is 3.35. The highest BCUT2D eigenvalue weighted by Crippen LogP contribution is 2.49. The van der Waals surface area contributed by atoms with Crippen molar-refractivity contribution in [3.05, 3.63) is 35.9 Å². The predicted octanol–water partition coefficient (Wildman–Crippen LogP) is 2.74. The molecule has 0 saturated heterocycles. The van der Waals surface area contributed by atoms with Gasteiger partial charge in [-0.3, -0.25) is 4.79 Å². The minimum absolute atomic E-state index is 0.181. The Kier molecular flexibility index (Phi) is 3.78. The summed E-state index contributed by atoms with van der Waals surface area (Å²) in [5.74, 6) is 0.836. The Balaban J connectivity index is 1.77. The number of rotatable bonds is 4. The molecule has 0 bridgehead atoms. The topological polar surface area (TPSA) is 55.1 Å². The molecule has 3 N–H and O–H groups in total. The third-order valence-corrected chi connectivity index (χ3v) is 5.37. The molecule has 0 heterocycles. The summed E-state index contributed by atoms with van der Waals surface area (Å²) in [6, 6.07) is 10.2. The van der Waals surface area contributed by atoms with E-state index in [1.54, 1.807) is 0 Å². The zero-order chi connectivity index (χ0) is 14.9. The summed E-state index contributed by atoms with van der Waals surface area (Å²) in [4.78, 5) is 12.9. The SMILES string of the molecule is CC1CCCC(CN)(NC(=O)C2(c3ccccc3)CC2)C1. The van der Waals surface area contributed by atoms with E-state index in [0.29, 0.717) is 12.5 Å². The van der Waals surface area contributed by atoms with Crippen LogP contribution in [0.2, 0.25) is 0 Å². The number of hydrogen-bond donors (Lipinski definition) is 2. The molecule has 2 saturated carbocycles. The maximum absolute atomic E-state index is 12.9. The highest BCUT2D eigenvalue weighted by molar-refractivity contribution is 5.91. The van der Waals surface area contributed by atoms with Crippen molar-refractivity contribution in [2.24, 2.45) is 11.7 Å². The first-order valence-corrected chi connectivity index (χ1v) is 8.18. The van der Waals surface area contributed by atoms with Crippen LogP contribution in [0.5, 0.6) is 0 Å². The number of carbonyl (C=O) groups is 1. The smallest absolute Gasteiger partial charge is 0.231 e. The zero-order valence-corrected chi connectivity index (χ0v) is 12.9. The van der Waals surface area contributed by atoms with Gasteiger partial charge in [0.1, 0.15) is 0 Å². The van der Waals surface area contributed by atoms with E-state index in [2.05, 4.69) is 24.4 Å². The molecule has 2 atom stereocenters. The number of hydrogen-bond acceptors (Lipinski definition) is 2. The predicted molar refractivity (Wildman–Crippen MR) is 84.9 cm³/mol. The third-order valence-electron chi connectivity index (χ3n) is 5.37. The Morgan fingerprint density at radius 2 is 2.00 bits per heavy atom. The third kappa shape index (κ3) is 2.71. The fourth-order valence-corrected chi connectivity index (χ4v) is 3.90. The van der Waals surface area contributed by atoms with Gasteiger partial charge in [0, 0.05) is 6.54 Å². The van der Waals surface area contributed by atoms with Crippen molar-refractivity contribution in [2.45, 2.75) is 56.4 Å². The molecule has 0 radical (unpaired) electrons. The average Bonchev–Trinajstić information content (AvgIpc) is 3.30. The standard InChI is InChI=1S/C18H26N2O/c1-14-6-5-9-17(12-14,13-19)20-16(21)18(10-11-18)15-7-3-2-4-8-15/h2-4,7-8,14H,5-6,9-13,19H2,1H3,(H,20,21). The van der Waals surface area contributed by atoms with Crippen molar-refractivity contribution in [2.75, 3.05) is 6.54 Å². The van der Waals surface area contributed by atoms with Crippen molar-refractivity contribution >= 4 is 5.91 Å². The van der Waals surface area contributed by atoms with E-state index < -0.39 is 0 Å². The van der Waals surface area contributed by atoms with Gasteiger partial charge >= 0.3 is 0 Å². The Labute approximate surface area is 127 Å². The number of amides is 1. The van der Waals surface area contributed by atoms with Crippen molar-refractivity contribution < 1.29 is 4.79 Å². The number of nitrogens with two attached hydrogens (primary N) is 1. The Morgan fingerprint density at radius 3 is 2.57 bits per heavy atom. The van der Waals surface area contributed by atoms with Gasteiger partial charge in [-0.05, 0) is 37.2 Å². The van der Waals surface area contributed by atoms with Gasteiger partial charge in [0.25, 0.3) is 0 Å². The van der Waals surface area contributed by atoms with Crippen LogP contribution >= 0.6 is 0 Å². The van der Waals surface area contributed by atoms with Gasteiger partial charge in [-0.1, -0.05) is 50.1 Å². The van der Waals surface area contributed by atoms with Crippen LogP contribution < -0.4 is 11.1 Å². The normalized spacial score (nSPS) is 30.7. The minimum Gasteiger partial charge on any atom is -0.349 e. The van der Waals surface area contributed by atoms with E-state index in [-0.39, 0.29) is 16.9 Å². The molecular formula is C18H26N2O. The lowest BCUT2D eigenvalue weighted by Gasteiger charge is -2.41. The molecule has 2 aliphatic carbocycles. The second-order valence-electron chi connectivity index (χ2n) is 7.09. The van der Waals surface area contributed by atoms with Gasteiger partial charge in [0.2, 0.25) is 5.91 Å². The van der Waals surface area contributed by atoms with Crippen LogP contribution in [0.3, 0.4) is 0 Å². The van der Waals surface area contributed by atoms with Crippen LogP contribution in [0.1, 0.15) is 51.0 Å². The van der Waals surface area contributed by atoms with Gasteiger partial charge in [-0.25, -0.2) is 0 Å². The Hall–Kier alpha value is -1.35. The Morgan fingerprint density at radius 1 is 1.29 bits per heavy atom. The van der Waals surface area contributed by atoms with Crippen LogP contribution in [-0.4, -0.2) is 18.0 Å². The summed E-state index contributed by atoms with van der Waals surface area (Å²) in [6.45, 7) is 2.81. The van der Waals surface area contributed by atoms with E-state index in [9.17, 15) is 4.79 Å². The summed E-state index contributed by atoms with van der Waals surface area (Å²) in [7, 11) is 0. The van der Waals surface area contributed by atoms with Crippen molar-refractivity contribution in [1.29, 1.82) is 0 Å². The molecule has 0 spiro atoms. The molecular weight excluding hydrogens is 260 g/mol. The molecule has 3 rings (SSSR count). The van der Waals surface area contributed by atoms with Crippen LogP contribution in [0.4, 0.5) is 0 Å². The van der Waals surface area contributed by atoms with Crippen molar-refractivity contribution in [3.8, 4) is 0 Å². The maximum Gasteiger partial charge on any atom is 0.231 e. The van der Waals surface area contributed by atoms with E-state index in [4.69, 9.17) is 5.73 Å². The quantitative estimate of drug-likeness (QED) is 0.894. The first-order valence-electron chi connectivity index (χ1n) is 8.18. The number of carbonyl (C=O) groups excluding carboxylic acids is 1. The molecule has 1 amide bonds. The fraction of sp³-hybridized carbons (Fsp3) is 0.611. The van der Waals surface area contributed by atoms with Gasteiger partial charge < -0.3 is 11.1 Å². The molecule has 1 aromatic carbocycles. The molecule has 114 valence electrons. The molecule has 3 nitrogen and oxygen atoms in total. The molecule has 0 aromatic heterocycles. The summed E-state index contributed by atoms with van der Waals surface area (Å²) >= 11 is 0. The van der Waals surface area contributed by atoms with Crippen LogP contribution in [0, 0.1) is 5.92 Å². The molecule has 21 heavy (non-hydrogen) atoms. The summed E-state index contributed by atoms with van der Waals surface area (Å²) in [5.41, 5.74) is 6.72. The van der Waals surface area contributed by atoms with E-state index in [0.717, 1.165) is 37.7 Å². The monoisotopic (exact) mass is 286 g/mol. The second-order valence-corrected chi connectivity index (χ2v) is 7.09. The first kappa shape index (κ1) is 14.6. The molecule has 1 aromatic rings. The largest absolute Gasteiger partial charge is 0.349 e. The van der Waals surface area contributed by atoms with Gasteiger partial charge in [-0.2, -0.15) is 0 Å². The van der Waals surface area contributed by atoms with Crippen LogP contribution in [0.15, 0.2) is 30.3 Å². The minimum atomic E-state index is -0.288. The summed E-state index contributed by atoms with van der Waals surface area (Å²) in [6.07, 6.45) is 6.36. The molecule has 2 unspecified atom stereocenters. The lowest BCUT2D eigenvalue weighted by Crippen LogP contribution is -2.58. The maximum atomic E-state index is 12.9. The fourth-order valence-electron chi connectivity index (χ4n) is 3.90. The van der Waals surface area contributed by atoms with Crippen LogP contribution in [-0.2, 0) is 10.2 Å². The van der Waals surface area contributed by atoms with Gasteiger partial charge in [-0.15, -0.1) is 0 Å². The highest BCUT2D eigenvalue weighted by Gasteiger charge is 2.53. The average molecular weight is 286 g/mol. The summed E-state index contributed by atoms with van der Waals surface area (Å²) < 4.78 is 0. The lowest BCUT2D eigenvalue weighted by molar-refractivity contribution is -0.126. The highest BCUT2D eigenvalue weighted by atomic mass is 16.2. The molecule has 2 fully saturated rings. The van der Waals surface area contributed by atoms with Crippen molar-refractivity contribution in [1.82, 2.24) is 5.32 Å². The zero-order valence-electron chi connectivity index (χ0n) is 12.9.